The first-order valence-corrected chi connectivity index (χ1v) is 7.93. The third-order valence-electron chi connectivity index (χ3n) is 3.72. The standard InChI is InChI=1S/C15H19NO2S/c1-19-15-10-6-13(7-11-15)3-2-12-4-8-14(9-5-12)16(17)18/h2-5,8-9,13,15H,6-7,10-11H2,1H3/b3-2+. The maximum atomic E-state index is 10.6. The molecule has 19 heavy (non-hydrogen) atoms. The number of nitro benzene ring substituents is 1. The van der Waals surface area contributed by atoms with Crippen molar-refractivity contribution in [3.05, 3.63) is 46.0 Å². The van der Waals surface area contributed by atoms with Crippen molar-refractivity contribution in [2.45, 2.75) is 30.9 Å². The molecule has 1 aliphatic rings. The molecule has 0 atom stereocenters. The van der Waals surface area contributed by atoms with Gasteiger partial charge in [0.1, 0.15) is 0 Å². The van der Waals surface area contributed by atoms with E-state index in [0.717, 1.165) is 10.8 Å². The van der Waals surface area contributed by atoms with E-state index < -0.39 is 0 Å². The van der Waals surface area contributed by atoms with Crippen LogP contribution >= 0.6 is 11.8 Å². The van der Waals surface area contributed by atoms with Crippen LogP contribution in [0.15, 0.2) is 30.3 Å². The van der Waals surface area contributed by atoms with Crippen molar-refractivity contribution in [1.29, 1.82) is 0 Å². The third-order valence-corrected chi connectivity index (χ3v) is 4.86. The topological polar surface area (TPSA) is 43.1 Å². The molecule has 4 heteroatoms. The number of non-ortho nitro benzene ring substituents is 1. The van der Waals surface area contributed by atoms with Crippen LogP contribution in [0.25, 0.3) is 6.08 Å². The smallest absolute Gasteiger partial charge is 0.258 e. The van der Waals surface area contributed by atoms with Gasteiger partial charge in [-0.25, -0.2) is 0 Å². The van der Waals surface area contributed by atoms with E-state index in [1.807, 2.05) is 23.9 Å². The van der Waals surface area contributed by atoms with Gasteiger partial charge in [-0.2, -0.15) is 11.8 Å². The predicted octanol–water partition coefficient (Wildman–Crippen LogP) is 4.53. The maximum absolute atomic E-state index is 10.6. The second-order valence-corrected chi connectivity index (χ2v) is 6.12. The van der Waals surface area contributed by atoms with Crippen LogP contribution in [0.4, 0.5) is 5.69 Å². The highest BCUT2D eigenvalue weighted by atomic mass is 32.2. The summed E-state index contributed by atoms with van der Waals surface area (Å²) in [5.74, 6) is 0.665. The van der Waals surface area contributed by atoms with Crippen molar-refractivity contribution in [2.75, 3.05) is 6.26 Å². The molecule has 1 aromatic rings. The molecular formula is C15H19NO2S. The molecule has 0 heterocycles. The highest BCUT2D eigenvalue weighted by Gasteiger charge is 2.18. The van der Waals surface area contributed by atoms with Gasteiger partial charge in [-0.15, -0.1) is 0 Å². The van der Waals surface area contributed by atoms with Gasteiger partial charge >= 0.3 is 0 Å². The minimum atomic E-state index is -0.364. The predicted molar refractivity (Wildman–Crippen MR) is 81.4 cm³/mol. The van der Waals surface area contributed by atoms with Crippen molar-refractivity contribution in [3.8, 4) is 0 Å². The zero-order chi connectivity index (χ0) is 13.7. The number of nitrogens with zero attached hydrogens (tertiary/aromatic N) is 1. The summed E-state index contributed by atoms with van der Waals surface area (Å²) in [7, 11) is 0. The lowest BCUT2D eigenvalue weighted by atomic mass is 9.88. The Morgan fingerprint density at radius 3 is 2.37 bits per heavy atom. The average Bonchev–Trinajstić information content (AvgIpc) is 2.46. The van der Waals surface area contributed by atoms with Crippen LogP contribution in [0.1, 0.15) is 31.2 Å². The molecular weight excluding hydrogens is 258 g/mol. The van der Waals surface area contributed by atoms with Gasteiger partial charge in [-0.1, -0.05) is 12.2 Å². The Morgan fingerprint density at radius 2 is 1.84 bits per heavy atom. The zero-order valence-electron chi connectivity index (χ0n) is 11.1. The van der Waals surface area contributed by atoms with Crippen LogP contribution in [0.2, 0.25) is 0 Å². The van der Waals surface area contributed by atoms with Gasteiger partial charge in [-0.3, -0.25) is 10.1 Å². The van der Waals surface area contributed by atoms with Gasteiger partial charge in [0.15, 0.2) is 0 Å². The number of benzene rings is 1. The van der Waals surface area contributed by atoms with Crippen molar-refractivity contribution in [2.24, 2.45) is 5.92 Å². The molecule has 1 aromatic carbocycles. The number of hydrogen-bond donors (Lipinski definition) is 0. The van der Waals surface area contributed by atoms with E-state index in [0.29, 0.717) is 5.92 Å². The van der Waals surface area contributed by atoms with E-state index in [-0.39, 0.29) is 10.6 Å². The fourth-order valence-corrected chi connectivity index (χ4v) is 3.21. The summed E-state index contributed by atoms with van der Waals surface area (Å²) < 4.78 is 0. The average molecular weight is 277 g/mol. The first kappa shape index (κ1) is 14.1. The van der Waals surface area contributed by atoms with Crippen LogP contribution in [-0.2, 0) is 0 Å². The minimum absolute atomic E-state index is 0.151. The summed E-state index contributed by atoms with van der Waals surface area (Å²) >= 11 is 1.98. The van der Waals surface area contributed by atoms with Crippen LogP contribution in [0.5, 0.6) is 0 Å². The van der Waals surface area contributed by atoms with E-state index in [1.54, 1.807) is 12.1 Å². The zero-order valence-corrected chi connectivity index (χ0v) is 11.9. The largest absolute Gasteiger partial charge is 0.269 e. The quantitative estimate of drug-likeness (QED) is 0.600. The van der Waals surface area contributed by atoms with Gasteiger partial charge < -0.3 is 0 Å². The molecule has 3 nitrogen and oxygen atoms in total. The molecule has 0 saturated heterocycles. The molecule has 0 spiro atoms. The first-order chi connectivity index (χ1) is 9.19. The molecule has 0 unspecified atom stereocenters. The fourth-order valence-electron chi connectivity index (χ4n) is 2.47. The molecule has 1 fully saturated rings. The number of allylic oxidation sites excluding steroid dienone is 1. The third kappa shape index (κ3) is 4.10. The van der Waals surface area contributed by atoms with Crippen molar-refractivity contribution >= 4 is 23.5 Å². The molecule has 0 radical (unpaired) electrons. The highest BCUT2D eigenvalue weighted by molar-refractivity contribution is 7.99. The van der Waals surface area contributed by atoms with Gasteiger partial charge in [0.25, 0.3) is 5.69 Å². The Balaban J connectivity index is 1.90. The molecule has 0 aliphatic heterocycles. The molecule has 1 saturated carbocycles. The number of hydrogen-bond acceptors (Lipinski definition) is 3. The fraction of sp³-hybridized carbons (Fsp3) is 0.467. The Labute approximate surface area is 118 Å². The first-order valence-electron chi connectivity index (χ1n) is 6.64. The Bertz CT molecular complexity index is 448. The van der Waals surface area contributed by atoms with Crippen LogP contribution in [-0.4, -0.2) is 16.4 Å². The normalized spacial score (nSPS) is 23.6. The van der Waals surface area contributed by atoms with Gasteiger partial charge in [0, 0.05) is 17.4 Å². The van der Waals surface area contributed by atoms with E-state index in [4.69, 9.17) is 0 Å². The second-order valence-electron chi connectivity index (χ2n) is 4.98. The van der Waals surface area contributed by atoms with E-state index in [2.05, 4.69) is 18.4 Å². The van der Waals surface area contributed by atoms with Gasteiger partial charge in [-0.05, 0) is 55.6 Å². The van der Waals surface area contributed by atoms with Crippen LogP contribution in [0.3, 0.4) is 0 Å². The summed E-state index contributed by atoms with van der Waals surface area (Å²) in [6, 6.07) is 6.74. The van der Waals surface area contributed by atoms with E-state index in [9.17, 15) is 10.1 Å². The van der Waals surface area contributed by atoms with Crippen molar-refractivity contribution < 1.29 is 4.92 Å². The maximum Gasteiger partial charge on any atom is 0.269 e. The molecule has 2 rings (SSSR count). The Hall–Kier alpha value is -1.29. The molecule has 0 N–H and O–H groups in total. The highest BCUT2D eigenvalue weighted by Crippen LogP contribution is 2.31. The Morgan fingerprint density at radius 1 is 1.21 bits per heavy atom. The van der Waals surface area contributed by atoms with Gasteiger partial charge in [0.05, 0.1) is 4.92 Å². The number of nitro groups is 1. The number of rotatable bonds is 4. The minimum Gasteiger partial charge on any atom is -0.258 e. The summed E-state index contributed by atoms with van der Waals surface area (Å²) in [5, 5.41) is 11.4. The van der Waals surface area contributed by atoms with Crippen molar-refractivity contribution in [1.82, 2.24) is 0 Å². The summed E-state index contributed by atoms with van der Waals surface area (Å²) in [4.78, 5) is 10.2. The second kappa shape index (κ2) is 6.75. The molecule has 0 amide bonds. The van der Waals surface area contributed by atoms with Crippen LogP contribution < -0.4 is 0 Å². The van der Waals surface area contributed by atoms with E-state index in [1.165, 1.54) is 25.7 Å². The lowest BCUT2D eigenvalue weighted by Gasteiger charge is -2.25. The number of thioether (sulfide) groups is 1. The SMILES string of the molecule is CSC1CCC(/C=C/c2ccc([N+](=O)[O-])cc2)CC1. The summed E-state index contributed by atoms with van der Waals surface area (Å²) in [6.45, 7) is 0. The summed E-state index contributed by atoms with van der Waals surface area (Å²) in [6.07, 6.45) is 11.7. The Kier molecular flexibility index (Phi) is 5.02. The van der Waals surface area contributed by atoms with Crippen molar-refractivity contribution in [3.63, 3.8) is 0 Å². The monoisotopic (exact) mass is 277 g/mol. The van der Waals surface area contributed by atoms with Gasteiger partial charge in [0.2, 0.25) is 0 Å². The molecule has 102 valence electrons. The van der Waals surface area contributed by atoms with E-state index >= 15 is 0 Å². The van der Waals surface area contributed by atoms with Crippen LogP contribution in [0, 0.1) is 16.0 Å². The summed E-state index contributed by atoms with van der Waals surface area (Å²) in [5.41, 5.74) is 1.19. The lowest BCUT2D eigenvalue weighted by molar-refractivity contribution is -0.384. The molecule has 1 aliphatic carbocycles. The molecule has 0 aromatic heterocycles. The lowest BCUT2D eigenvalue weighted by Crippen LogP contribution is -2.14. The molecule has 0 bridgehead atoms.